The van der Waals surface area contributed by atoms with Crippen LogP contribution in [0, 0.1) is 6.92 Å². The minimum atomic E-state index is 0.0606. The number of aromatic nitrogens is 2. The van der Waals surface area contributed by atoms with Crippen LogP contribution in [0.15, 0.2) is 48.7 Å². The zero-order valence-electron chi connectivity index (χ0n) is 15.4. The lowest BCUT2D eigenvalue weighted by molar-refractivity contribution is 0.0739. The second-order valence-electron chi connectivity index (χ2n) is 6.58. The van der Waals surface area contributed by atoms with Gasteiger partial charge in [0.15, 0.2) is 0 Å². The number of thiazole rings is 1. The van der Waals surface area contributed by atoms with Gasteiger partial charge in [-0.3, -0.25) is 9.78 Å². The average Bonchev–Trinajstić information content (AvgIpc) is 3.35. The molecule has 0 aliphatic carbocycles. The number of pyridine rings is 1. The quantitative estimate of drug-likeness (QED) is 0.670. The molecule has 6 heteroatoms. The Hall–Kier alpha value is -2.73. The first-order valence-corrected chi connectivity index (χ1v) is 9.83. The molecule has 138 valence electrons. The number of likely N-dealkylation sites (tertiary alicyclic amines) is 1. The Bertz CT molecular complexity index is 938. The molecule has 1 atom stereocenters. The molecule has 0 unspecified atom stereocenters. The zero-order valence-corrected chi connectivity index (χ0v) is 16.2. The van der Waals surface area contributed by atoms with E-state index in [0.717, 1.165) is 47.1 Å². The van der Waals surface area contributed by atoms with Crippen molar-refractivity contribution < 1.29 is 9.53 Å². The molecular formula is C21H21N3O2S. The molecule has 1 aliphatic heterocycles. The maximum atomic E-state index is 13.3. The van der Waals surface area contributed by atoms with E-state index in [9.17, 15) is 4.79 Å². The van der Waals surface area contributed by atoms with Crippen LogP contribution < -0.4 is 4.74 Å². The number of hydrogen-bond acceptors (Lipinski definition) is 5. The highest BCUT2D eigenvalue weighted by Crippen LogP contribution is 2.36. The van der Waals surface area contributed by atoms with Crippen LogP contribution in [0.4, 0.5) is 0 Å². The minimum Gasteiger partial charge on any atom is -0.497 e. The monoisotopic (exact) mass is 379 g/mol. The van der Waals surface area contributed by atoms with Gasteiger partial charge in [0.1, 0.15) is 15.6 Å². The Balaban J connectivity index is 1.61. The van der Waals surface area contributed by atoms with E-state index in [0.29, 0.717) is 4.88 Å². The largest absolute Gasteiger partial charge is 0.497 e. The Labute approximate surface area is 162 Å². The molecule has 1 fully saturated rings. The maximum absolute atomic E-state index is 13.3. The number of carbonyl (C=O) groups excluding carboxylic acids is 1. The van der Waals surface area contributed by atoms with E-state index >= 15 is 0 Å². The third-order valence-corrected chi connectivity index (χ3v) is 6.06. The van der Waals surface area contributed by atoms with Gasteiger partial charge in [0, 0.05) is 12.7 Å². The summed E-state index contributed by atoms with van der Waals surface area (Å²) in [5.74, 6) is 0.887. The first-order chi connectivity index (χ1) is 13.2. The summed E-state index contributed by atoms with van der Waals surface area (Å²) < 4.78 is 5.24. The van der Waals surface area contributed by atoms with E-state index in [1.54, 1.807) is 13.3 Å². The second kappa shape index (κ2) is 7.48. The molecule has 0 radical (unpaired) electrons. The zero-order chi connectivity index (χ0) is 18.8. The molecule has 27 heavy (non-hydrogen) atoms. The predicted molar refractivity (Wildman–Crippen MR) is 106 cm³/mol. The third-order valence-electron chi connectivity index (χ3n) is 4.89. The van der Waals surface area contributed by atoms with Crippen LogP contribution >= 0.6 is 11.3 Å². The smallest absolute Gasteiger partial charge is 0.266 e. The highest BCUT2D eigenvalue weighted by atomic mass is 32.1. The Morgan fingerprint density at radius 3 is 2.74 bits per heavy atom. The van der Waals surface area contributed by atoms with Crippen molar-refractivity contribution in [3.05, 3.63) is 64.8 Å². The molecule has 2 aromatic heterocycles. The molecule has 1 aliphatic rings. The normalized spacial score (nSPS) is 16.5. The molecular weight excluding hydrogens is 358 g/mol. The molecule has 3 heterocycles. The minimum absolute atomic E-state index is 0.0606. The van der Waals surface area contributed by atoms with Crippen LogP contribution in [0.25, 0.3) is 10.7 Å². The molecule has 1 amide bonds. The molecule has 3 aromatic rings. The molecule has 0 bridgehead atoms. The van der Waals surface area contributed by atoms with E-state index < -0.39 is 0 Å². The van der Waals surface area contributed by atoms with Crippen molar-refractivity contribution in [2.75, 3.05) is 13.7 Å². The molecule has 4 rings (SSSR count). The molecule has 1 saturated heterocycles. The lowest BCUT2D eigenvalue weighted by atomic mass is 10.0. The van der Waals surface area contributed by atoms with Gasteiger partial charge in [-0.05, 0) is 49.6 Å². The van der Waals surface area contributed by atoms with Gasteiger partial charge >= 0.3 is 0 Å². The maximum Gasteiger partial charge on any atom is 0.266 e. The number of benzene rings is 1. The summed E-state index contributed by atoms with van der Waals surface area (Å²) >= 11 is 1.43. The molecule has 5 nitrogen and oxygen atoms in total. The number of rotatable bonds is 4. The lowest BCUT2D eigenvalue weighted by Gasteiger charge is -2.25. The van der Waals surface area contributed by atoms with Crippen molar-refractivity contribution in [2.45, 2.75) is 25.8 Å². The summed E-state index contributed by atoms with van der Waals surface area (Å²) in [7, 11) is 1.66. The predicted octanol–water partition coefficient (Wildman–Crippen LogP) is 4.50. The third kappa shape index (κ3) is 3.45. The fourth-order valence-corrected chi connectivity index (χ4v) is 4.51. The van der Waals surface area contributed by atoms with Crippen molar-refractivity contribution in [2.24, 2.45) is 0 Å². The van der Waals surface area contributed by atoms with Gasteiger partial charge in [-0.1, -0.05) is 18.2 Å². The fourth-order valence-electron chi connectivity index (χ4n) is 3.51. The summed E-state index contributed by atoms with van der Waals surface area (Å²) in [6, 6.07) is 13.8. The van der Waals surface area contributed by atoms with Crippen molar-refractivity contribution in [3.8, 4) is 16.5 Å². The van der Waals surface area contributed by atoms with Gasteiger partial charge in [-0.2, -0.15) is 0 Å². The number of hydrogen-bond donors (Lipinski definition) is 0. The first kappa shape index (κ1) is 17.7. The van der Waals surface area contributed by atoms with Gasteiger partial charge in [-0.15, -0.1) is 11.3 Å². The SMILES string of the molecule is COc1ccc([C@H]2CCCN2C(=O)c2sc(-c3ccccn3)nc2C)cc1. The number of carbonyl (C=O) groups is 1. The summed E-state index contributed by atoms with van der Waals surface area (Å²) in [5.41, 5.74) is 2.72. The number of aryl methyl sites for hydroxylation is 1. The van der Waals surface area contributed by atoms with Crippen LogP contribution in [-0.4, -0.2) is 34.4 Å². The summed E-state index contributed by atoms with van der Waals surface area (Å²) in [6.07, 6.45) is 3.73. The van der Waals surface area contributed by atoms with Crippen LogP contribution in [0.5, 0.6) is 5.75 Å². The second-order valence-corrected chi connectivity index (χ2v) is 7.58. The topological polar surface area (TPSA) is 55.3 Å². The summed E-state index contributed by atoms with van der Waals surface area (Å²) in [5, 5.41) is 0.789. The van der Waals surface area contributed by atoms with Crippen LogP contribution in [-0.2, 0) is 0 Å². The van der Waals surface area contributed by atoms with E-state index in [1.807, 2.05) is 54.3 Å². The molecule has 0 saturated carbocycles. The average molecular weight is 379 g/mol. The molecule has 1 aromatic carbocycles. The van der Waals surface area contributed by atoms with Gasteiger partial charge in [-0.25, -0.2) is 4.98 Å². The number of amides is 1. The fraction of sp³-hybridized carbons (Fsp3) is 0.286. The Morgan fingerprint density at radius 1 is 1.22 bits per heavy atom. The van der Waals surface area contributed by atoms with Gasteiger partial charge < -0.3 is 9.64 Å². The first-order valence-electron chi connectivity index (χ1n) is 9.01. The number of nitrogens with zero attached hydrogens (tertiary/aromatic N) is 3. The lowest BCUT2D eigenvalue weighted by Crippen LogP contribution is -2.30. The molecule has 0 spiro atoms. The highest BCUT2D eigenvalue weighted by molar-refractivity contribution is 7.17. The van der Waals surface area contributed by atoms with Crippen molar-refractivity contribution in [3.63, 3.8) is 0 Å². The van der Waals surface area contributed by atoms with Crippen LogP contribution in [0.2, 0.25) is 0 Å². The number of ether oxygens (including phenoxy) is 1. The Kier molecular flexibility index (Phi) is 4.90. The van der Waals surface area contributed by atoms with Gasteiger partial charge in [0.25, 0.3) is 5.91 Å². The number of methoxy groups -OCH3 is 1. The Morgan fingerprint density at radius 2 is 2.04 bits per heavy atom. The molecule has 0 N–H and O–H groups in total. The standard InChI is InChI=1S/C21H21N3O2S/c1-14-19(27-20(23-14)17-6-3-4-12-22-17)21(25)24-13-5-7-18(24)15-8-10-16(26-2)11-9-15/h3-4,6,8-12,18H,5,7,13H2,1-2H3/t18-/m1/s1. The van der Waals surface area contributed by atoms with Crippen LogP contribution in [0.1, 0.15) is 39.8 Å². The highest BCUT2D eigenvalue weighted by Gasteiger charge is 2.32. The summed E-state index contributed by atoms with van der Waals surface area (Å²) in [4.78, 5) is 24.9. The van der Waals surface area contributed by atoms with E-state index in [-0.39, 0.29) is 11.9 Å². The van der Waals surface area contributed by atoms with Crippen molar-refractivity contribution in [1.29, 1.82) is 0 Å². The van der Waals surface area contributed by atoms with Crippen molar-refractivity contribution in [1.82, 2.24) is 14.9 Å². The van der Waals surface area contributed by atoms with Gasteiger partial charge in [0.2, 0.25) is 0 Å². The van der Waals surface area contributed by atoms with Crippen molar-refractivity contribution >= 4 is 17.2 Å². The van der Waals surface area contributed by atoms with Gasteiger partial charge in [0.05, 0.1) is 24.5 Å². The van der Waals surface area contributed by atoms with Crippen LogP contribution in [0.3, 0.4) is 0 Å². The van der Waals surface area contributed by atoms with E-state index in [2.05, 4.69) is 9.97 Å². The van der Waals surface area contributed by atoms with E-state index in [1.165, 1.54) is 11.3 Å². The summed E-state index contributed by atoms with van der Waals surface area (Å²) in [6.45, 7) is 2.67. The van der Waals surface area contributed by atoms with E-state index in [4.69, 9.17) is 4.74 Å².